The van der Waals surface area contributed by atoms with E-state index in [2.05, 4.69) is 0 Å². The van der Waals surface area contributed by atoms with Crippen LogP contribution in [0.5, 0.6) is 11.5 Å². The molecular weight excluding hydrogens is 298 g/mol. The minimum atomic E-state index is -0.669. The van der Waals surface area contributed by atoms with Gasteiger partial charge in [0.05, 0.1) is 4.92 Å². The van der Waals surface area contributed by atoms with Crippen molar-refractivity contribution < 1.29 is 19.9 Å². The monoisotopic (exact) mass is 311 g/mol. The van der Waals surface area contributed by atoms with Crippen LogP contribution < -0.4 is 0 Å². The van der Waals surface area contributed by atoms with Gasteiger partial charge in [0, 0.05) is 17.2 Å². The van der Waals surface area contributed by atoms with Gasteiger partial charge in [-0.25, -0.2) is 0 Å². The Kier molecular flexibility index (Phi) is 3.57. The van der Waals surface area contributed by atoms with Crippen LogP contribution in [0.25, 0.3) is 6.08 Å². The molecule has 0 aliphatic heterocycles. The van der Waals surface area contributed by atoms with Gasteiger partial charge in [0.1, 0.15) is 5.75 Å². The topological polar surface area (TPSA) is 101 Å². The second-order valence-electron chi connectivity index (χ2n) is 5.35. The Bertz CT molecular complexity index is 854. The van der Waals surface area contributed by atoms with E-state index in [-0.39, 0.29) is 11.5 Å². The maximum absolute atomic E-state index is 12.5. The number of nitro groups is 1. The lowest BCUT2D eigenvalue weighted by Crippen LogP contribution is -2.13. The summed E-state index contributed by atoms with van der Waals surface area (Å²) in [7, 11) is 0. The van der Waals surface area contributed by atoms with E-state index in [1.165, 1.54) is 24.3 Å². The highest BCUT2D eigenvalue weighted by molar-refractivity contribution is 6.13. The number of ketones is 1. The molecule has 0 radical (unpaired) electrons. The zero-order valence-electron chi connectivity index (χ0n) is 12.0. The summed E-state index contributed by atoms with van der Waals surface area (Å²) >= 11 is 0. The van der Waals surface area contributed by atoms with Crippen molar-refractivity contribution in [3.05, 3.63) is 68.8 Å². The average molecular weight is 311 g/mol. The van der Waals surface area contributed by atoms with Crippen LogP contribution in [0.3, 0.4) is 0 Å². The molecule has 0 spiro atoms. The lowest BCUT2D eigenvalue weighted by molar-refractivity contribution is -0.385. The SMILES string of the molecule is O=C1/C(=C/c2ccc(O)c([N+](=O)[O-])c2)CCc2cc(O)ccc21. The van der Waals surface area contributed by atoms with Gasteiger partial charge in [-0.15, -0.1) is 0 Å². The molecule has 3 rings (SSSR count). The predicted octanol–water partition coefficient (Wildman–Crippen LogP) is 3.22. The maximum atomic E-state index is 12.5. The summed E-state index contributed by atoms with van der Waals surface area (Å²) in [5.41, 5.74) is 1.97. The zero-order valence-corrected chi connectivity index (χ0v) is 12.0. The van der Waals surface area contributed by atoms with Crippen molar-refractivity contribution in [1.82, 2.24) is 0 Å². The van der Waals surface area contributed by atoms with E-state index >= 15 is 0 Å². The summed E-state index contributed by atoms with van der Waals surface area (Å²) in [4.78, 5) is 22.7. The molecule has 0 bridgehead atoms. The largest absolute Gasteiger partial charge is 0.508 e. The van der Waals surface area contributed by atoms with E-state index in [0.717, 1.165) is 5.56 Å². The van der Waals surface area contributed by atoms with Crippen LogP contribution >= 0.6 is 0 Å². The second kappa shape index (κ2) is 5.57. The van der Waals surface area contributed by atoms with Gasteiger partial charge in [-0.3, -0.25) is 14.9 Å². The fourth-order valence-corrected chi connectivity index (χ4v) is 2.68. The summed E-state index contributed by atoms with van der Waals surface area (Å²) < 4.78 is 0. The van der Waals surface area contributed by atoms with Gasteiger partial charge >= 0.3 is 5.69 Å². The number of allylic oxidation sites excluding steroid dienone is 1. The van der Waals surface area contributed by atoms with Crippen molar-refractivity contribution in [3.8, 4) is 11.5 Å². The van der Waals surface area contributed by atoms with Gasteiger partial charge in [-0.1, -0.05) is 6.07 Å². The van der Waals surface area contributed by atoms with Gasteiger partial charge < -0.3 is 10.2 Å². The van der Waals surface area contributed by atoms with Crippen LogP contribution in [0.2, 0.25) is 0 Å². The predicted molar refractivity (Wildman–Crippen MR) is 83.5 cm³/mol. The maximum Gasteiger partial charge on any atom is 0.311 e. The third kappa shape index (κ3) is 2.78. The fourth-order valence-electron chi connectivity index (χ4n) is 2.68. The number of hydrogen-bond donors (Lipinski definition) is 2. The first-order valence-electron chi connectivity index (χ1n) is 7.00. The van der Waals surface area contributed by atoms with E-state index in [9.17, 15) is 25.1 Å². The molecule has 1 aliphatic rings. The van der Waals surface area contributed by atoms with Crippen molar-refractivity contribution in [1.29, 1.82) is 0 Å². The van der Waals surface area contributed by atoms with Crippen LogP contribution in [0.4, 0.5) is 5.69 Å². The number of rotatable bonds is 2. The Balaban J connectivity index is 1.98. The Morgan fingerprint density at radius 2 is 1.87 bits per heavy atom. The molecule has 0 fully saturated rings. The van der Waals surface area contributed by atoms with Gasteiger partial charge in [0.15, 0.2) is 11.5 Å². The standard InChI is InChI=1S/C17H13NO5/c19-13-4-5-14-11(9-13)2-3-12(17(14)21)7-10-1-6-16(20)15(8-10)18(22)23/h1,4-9,19-20H,2-3H2/b12-7+. The lowest BCUT2D eigenvalue weighted by Gasteiger charge is -2.17. The number of carbonyl (C=O) groups excluding carboxylic acids is 1. The molecule has 116 valence electrons. The van der Waals surface area contributed by atoms with Gasteiger partial charge in [0.2, 0.25) is 0 Å². The highest BCUT2D eigenvalue weighted by Gasteiger charge is 2.22. The number of aromatic hydroxyl groups is 2. The molecular formula is C17H13NO5. The van der Waals surface area contributed by atoms with Crippen LogP contribution in [-0.4, -0.2) is 20.9 Å². The first kappa shape index (κ1) is 14.8. The number of fused-ring (bicyclic) bond motifs is 1. The van der Waals surface area contributed by atoms with Gasteiger partial charge in [-0.05, 0) is 54.3 Å². The summed E-state index contributed by atoms with van der Waals surface area (Å²) in [6.45, 7) is 0. The number of nitrogens with zero attached hydrogens (tertiary/aromatic N) is 1. The third-order valence-electron chi connectivity index (χ3n) is 3.83. The zero-order chi connectivity index (χ0) is 16.6. The normalized spacial score (nSPS) is 15.5. The molecule has 0 aromatic heterocycles. The molecule has 0 heterocycles. The van der Waals surface area contributed by atoms with Crippen molar-refractivity contribution >= 4 is 17.5 Å². The average Bonchev–Trinajstić information content (AvgIpc) is 2.51. The number of carbonyl (C=O) groups is 1. The molecule has 6 nitrogen and oxygen atoms in total. The molecule has 0 atom stereocenters. The summed E-state index contributed by atoms with van der Waals surface area (Å²) in [6.07, 6.45) is 2.70. The number of hydrogen-bond acceptors (Lipinski definition) is 5. The van der Waals surface area contributed by atoms with Crippen molar-refractivity contribution in [2.75, 3.05) is 0 Å². The highest BCUT2D eigenvalue weighted by atomic mass is 16.6. The van der Waals surface area contributed by atoms with E-state index in [0.29, 0.717) is 29.5 Å². The number of nitro benzene ring substituents is 1. The third-order valence-corrected chi connectivity index (χ3v) is 3.83. The van der Waals surface area contributed by atoms with Gasteiger partial charge in [-0.2, -0.15) is 0 Å². The fraction of sp³-hybridized carbons (Fsp3) is 0.118. The van der Waals surface area contributed by atoms with Gasteiger partial charge in [0.25, 0.3) is 0 Å². The van der Waals surface area contributed by atoms with Crippen molar-refractivity contribution in [2.45, 2.75) is 12.8 Å². The molecule has 2 N–H and O–H groups in total. The summed E-state index contributed by atoms with van der Waals surface area (Å²) in [6, 6.07) is 8.63. The van der Waals surface area contributed by atoms with Crippen LogP contribution in [0.15, 0.2) is 42.0 Å². The minimum Gasteiger partial charge on any atom is -0.508 e. The Labute approximate surface area is 131 Å². The minimum absolute atomic E-state index is 0.123. The van der Waals surface area contributed by atoms with E-state index in [4.69, 9.17) is 0 Å². The molecule has 0 saturated carbocycles. The molecule has 0 saturated heterocycles. The number of benzene rings is 2. The molecule has 2 aromatic carbocycles. The number of phenolic OH excluding ortho intramolecular Hbond substituents is 2. The van der Waals surface area contributed by atoms with Crippen molar-refractivity contribution in [2.24, 2.45) is 0 Å². The van der Waals surface area contributed by atoms with Crippen LogP contribution in [-0.2, 0) is 6.42 Å². The molecule has 23 heavy (non-hydrogen) atoms. The molecule has 0 unspecified atom stereocenters. The number of Topliss-reactive ketones (excluding diaryl/α,β-unsaturated/α-hetero) is 1. The Morgan fingerprint density at radius 1 is 1.09 bits per heavy atom. The van der Waals surface area contributed by atoms with Crippen LogP contribution in [0.1, 0.15) is 27.9 Å². The molecule has 6 heteroatoms. The molecule has 2 aromatic rings. The number of aryl methyl sites for hydroxylation is 1. The molecule has 0 amide bonds. The second-order valence-corrected chi connectivity index (χ2v) is 5.35. The van der Waals surface area contributed by atoms with E-state index in [1.807, 2.05) is 0 Å². The summed E-state index contributed by atoms with van der Waals surface area (Å²) in [5, 5.41) is 29.8. The summed E-state index contributed by atoms with van der Waals surface area (Å²) in [5.74, 6) is -0.437. The highest BCUT2D eigenvalue weighted by Crippen LogP contribution is 2.31. The molecule has 1 aliphatic carbocycles. The van der Waals surface area contributed by atoms with E-state index in [1.54, 1.807) is 18.2 Å². The quantitative estimate of drug-likeness (QED) is 0.504. The Morgan fingerprint density at radius 3 is 2.61 bits per heavy atom. The number of phenols is 2. The first-order chi connectivity index (χ1) is 11.0. The lowest BCUT2D eigenvalue weighted by atomic mass is 9.86. The smallest absolute Gasteiger partial charge is 0.311 e. The van der Waals surface area contributed by atoms with Crippen LogP contribution in [0, 0.1) is 10.1 Å². The first-order valence-corrected chi connectivity index (χ1v) is 7.00. The van der Waals surface area contributed by atoms with E-state index < -0.39 is 16.4 Å². The Hall–Kier alpha value is -3.15. The van der Waals surface area contributed by atoms with Crippen molar-refractivity contribution in [3.63, 3.8) is 0 Å².